The van der Waals surface area contributed by atoms with Crippen LogP contribution in [0.2, 0.25) is 0 Å². The molecule has 1 fully saturated rings. The van der Waals surface area contributed by atoms with Crippen LogP contribution >= 0.6 is 0 Å². The zero-order valence-corrected chi connectivity index (χ0v) is 11.7. The first-order valence-electron chi connectivity index (χ1n) is 6.50. The third-order valence-electron chi connectivity index (χ3n) is 3.46. The highest BCUT2D eigenvalue weighted by Crippen LogP contribution is 2.18. The predicted molar refractivity (Wildman–Crippen MR) is 69.8 cm³/mol. The lowest BCUT2D eigenvalue weighted by atomic mass is 10.0. The second kappa shape index (κ2) is 6.68. The molecule has 1 atom stereocenters. The highest BCUT2D eigenvalue weighted by molar-refractivity contribution is 7.87. The van der Waals surface area contributed by atoms with Crippen molar-refractivity contribution in [3.05, 3.63) is 0 Å². The second-order valence-corrected chi connectivity index (χ2v) is 6.44. The lowest BCUT2D eigenvalue weighted by Gasteiger charge is -2.32. The first-order valence-corrected chi connectivity index (χ1v) is 7.94. The van der Waals surface area contributed by atoms with Crippen LogP contribution in [0, 0.1) is 5.92 Å². The van der Waals surface area contributed by atoms with Crippen molar-refractivity contribution >= 4 is 10.2 Å². The third-order valence-corrected chi connectivity index (χ3v) is 5.10. The van der Waals surface area contributed by atoms with E-state index in [-0.39, 0.29) is 6.04 Å². The van der Waals surface area contributed by atoms with Gasteiger partial charge in [0.2, 0.25) is 0 Å². The van der Waals surface area contributed by atoms with Gasteiger partial charge in [-0.25, -0.2) is 0 Å². The molecule has 0 saturated carbocycles. The van der Waals surface area contributed by atoms with Gasteiger partial charge in [0.15, 0.2) is 0 Å². The third kappa shape index (κ3) is 4.21. The fourth-order valence-corrected chi connectivity index (χ4v) is 3.86. The quantitative estimate of drug-likeness (QED) is 0.740. The Bertz CT molecular complexity index is 315. The molecule has 1 rings (SSSR count). The molecule has 6 heteroatoms. The monoisotopic (exact) mass is 263 g/mol. The molecule has 1 saturated heterocycles. The standard InChI is InChI=1S/C11H25N3O2S/c1-3-11(4-2)13-17(15,16)14-7-5-6-10(8-12)9-14/h10-11,13H,3-9,12H2,1-2H3. The summed E-state index contributed by atoms with van der Waals surface area (Å²) in [5, 5.41) is 0. The molecule has 1 aliphatic rings. The molecule has 102 valence electrons. The molecular formula is C11H25N3O2S. The van der Waals surface area contributed by atoms with E-state index in [4.69, 9.17) is 5.73 Å². The summed E-state index contributed by atoms with van der Waals surface area (Å²) >= 11 is 0. The number of rotatable bonds is 6. The maximum absolute atomic E-state index is 12.1. The topological polar surface area (TPSA) is 75.4 Å². The van der Waals surface area contributed by atoms with Crippen LogP contribution in [0.1, 0.15) is 39.5 Å². The minimum Gasteiger partial charge on any atom is -0.330 e. The highest BCUT2D eigenvalue weighted by atomic mass is 32.2. The van der Waals surface area contributed by atoms with E-state index in [1.165, 1.54) is 0 Å². The van der Waals surface area contributed by atoms with Gasteiger partial charge in [0.25, 0.3) is 10.2 Å². The number of nitrogens with one attached hydrogen (secondary N) is 1. The Hall–Kier alpha value is -0.170. The van der Waals surface area contributed by atoms with Gasteiger partial charge in [0, 0.05) is 19.1 Å². The summed E-state index contributed by atoms with van der Waals surface area (Å²) in [5.74, 6) is 0.307. The summed E-state index contributed by atoms with van der Waals surface area (Å²) in [6, 6.07) is 0.0400. The van der Waals surface area contributed by atoms with Gasteiger partial charge in [-0.1, -0.05) is 13.8 Å². The van der Waals surface area contributed by atoms with Crippen molar-refractivity contribution in [3.8, 4) is 0 Å². The Labute approximate surface area is 105 Å². The second-order valence-electron chi connectivity index (χ2n) is 4.74. The van der Waals surface area contributed by atoms with E-state index < -0.39 is 10.2 Å². The van der Waals surface area contributed by atoms with Crippen LogP contribution in [0.5, 0.6) is 0 Å². The first-order chi connectivity index (χ1) is 8.03. The van der Waals surface area contributed by atoms with Crippen LogP contribution in [-0.4, -0.2) is 38.4 Å². The van der Waals surface area contributed by atoms with Gasteiger partial charge < -0.3 is 5.73 Å². The zero-order chi connectivity index (χ0) is 12.9. The molecule has 0 aliphatic carbocycles. The summed E-state index contributed by atoms with van der Waals surface area (Å²) in [5.41, 5.74) is 5.62. The maximum Gasteiger partial charge on any atom is 0.279 e. The average Bonchev–Trinajstić information content (AvgIpc) is 2.36. The maximum atomic E-state index is 12.1. The van der Waals surface area contributed by atoms with E-state index in [0.29, 0.717) is 25.6 Å². The number of piperidine rings is 1. The Morgan fingerprint density at radius 3 is 2.59 bits per heavy atom. The minimum atomic E-state index is -3.32. The van der Waals surface area contributed by atoms with Crippen molar-refractivity contribution in [2.45, 2.75) is 45.6 Å². The molecule has 5 nitrogen and oxygen atoms in total. The summed E-state index contributed by atoms with van der Waals surface area (Å²) in [4.78, 5) is 0. The number of hydrogen-bond donors (Lipinski definition) is 2. The van der Waals surface area contributed by atoms with Crippen molar-refractivity contribution in [2.24, 2.45) is 11.7 Å². The van der Waals surface area contributed by atoms with Gasteiger partial charge in [-0.2, -0.15) is 17.4 Å². The highest BCUT2D eigenvalue weighted by Gasteiger charge is 2.29. The van der Waals surface area contributed by atoms with Crippen LogP contribution in [0.15, 0.2) is 0 Å². The molecule has 1 unspecified atom stereocenters. The van der Waals surface area contributed by atoms with Crippen molar-refractivity contribution in [2.75, 3.05) is 19.6 Å². The van der Waals surface area contributed by atoms with Gasteiger partial charge in [0.05, 0.1) is 0 Å². The molecule has 0 aromatic heterocycles. The van der Waals surface area contributed by atoms with Crippen molar-refractivity contribution in [1.29, 1.82) is 0 Å². The molecule has 0 amide bonds. The van der Waals surface area contributed by atoms with Crippen molar-refractivity contribution in [1.82, 2.24) is 9.03 Å². The summed E-state index contributed by atoms with van der Waals surface area (Å²) in [7, 11) is -3.32. The van der Waals surface area contributed by atoms with E-state index in [0.717, 1.165) is 25.7 Å². The van der Waals surface area contributed by atoms with Gasteiger partial charge in [-0.15, -0.1) is 0 Å². The van der Waals surface area contributed by atoms with Crippen LogP contribution < -0.4 is 10.5 Å². The molecule has 3 N–H and O–H groups in total. The molecule has 1 heterocycles. The molecule has 17 heavy (non-hydrogen) atoms. The zero-order valence-electron chi connectivity index (χ0n) is 10.9. The van der Waals surface area contributed by atoms with Crippen LogP contribution in [0.4, 0.5) is 0 Å². The van der Waals surface area contributed by atoms with Crippen LogP contribution in [0.3, 0.4) is 0 Å². The first kappa shape index (κ1) is 14.9. The van der Waals surface area contributed by atoms with Gasteiger partial charge in [-0.3, -0.25) is 0 Å². The van der Waals surface area contributed by atoms with Crippen LogP contribution in [-0.2, 0) is 10.2 Å². The van der Waals surface area contributed by atoms with Crippen LogP contribution in [0.25, 0.3) is 0 Å². The molecule has 0 spiro atoms. The minimum absolute atomic E-state index is 0.0400. The predicted octanol–water partition coefficient (Wildman–Crippen LogP) is 0.680. The van der Waals surface area contributed by atoms with Crippen molar-refractivity contribution in [3.63, 3.8) is 0 Å². The number of nitrogens with zero attached hydrogens (tertiary/aromatic N) is 1. The average molecular weight is 263 g/mol. The Balaban J connectivity index is 2.63. The van der Waals surface area contributed by atoms with E-state index in [1.807, 2.05) is 13.8 Å². The number of nitrogens with two attached hydrogens (primary N) is 1. The molecule has 0 bridgehead atoms. The van der Waals surface area contributed by atoms with Crippen molar-refractivity contribution < 1.29 is 8.42 Å². The Morgan fingerprint density at radius 1 is 1.41 bits per heavy atom. The molecule has 0 aromatic rings. The molecule has 0 radical (unpaired) electrons. The smallest absolute Gasteiger partial charge is 0.279 e. The van der Waals surface area contributed by atoms with E-state index in [1.54, 1.807) is 4.31 Å². The summed E-state index contributed by atoms with van der Waals surface area (Å²) in [6.45, 7) is 5.74. The molecular weight excluding hydrogens is 238 g/mol. The van der Waals surface area contributed by atoms with E-state index in [9.17, 15) is 8.42 Å². The molecule has 0 aromatic carbocycles. The molecule has 1 aliphatic heterocycles. The summed E-state index contributed by atoms with van der Waals surface area (Å²) < 4.78 is 28.6. The fourth-order valence-electron chi connectivity index (χ4n) is 2.18. The lowest BCUT2D eigenvalue weighted by Crippen LogP contribution is -2.49. The lowest BCUT2D eigenvalue weighted by molar-refractivity contribution is 0.267. The Morgan fingerprint density at radius 2 is 2.06 bits per heavy atom. The van der Waals surface area contributed by atoms with Gasteiger partial charge >= 0.3 is 0 Å². The Kier molecular flexibility index (Phi) is 5.85. The van der Waals surface area contributed by atoms with Gasteiger partial charge in [0.1, 0.15) is 0 Å². The van der Waals surface area contributed by atoms with Gasteiger partial charge in [-0.05, 0) is 38.1 Å². The SMILES string of the molecule is CCC(CC)NS(=O)(=O)N1CCCC(CN)C1. The van der Waals surface area contributed by atoms with E-state index in [2.05, 4.69) is 4.72 Å². The fraction of sp³-hybridized carbons (Fsp3) is 1.00. The number of hydrogen-bond acceptors (Lipinski definition) is 3. The normalized spacial score (nSPS) is 23.2. The van der Waals surface area contributed by atoms with E-state index >= 15 is 0 Å². The largest absolute Gasteiger partial charge is 0.330 e. The summed E-state index contributed by atoms with van der Waals surface area (Å²) in [6.07, 6.45) is 3.59.